The monoisotopic (exact) mass is 361 g/mol. The highest BCUT2D eigenvalue weighted by Gasteiger charge is 2.21. The summed E-state index contributed by atoms with van der Waals surface area (Å²) in [7, 11) is 0. The van der Waals surface area contributed by atoms with Crippen molar-refractivity contribution < 1.29 is 14.6 Å². The molecule has 25 heavy (non-hydrogen) atoms. The third-order valence-corrected chi connectivity index (χ3v) is 4.56. The molecule has 2 N–H and O–H groups in total. The molecule has 134 valence electrons. The lowest BCUT2D eigenvalue weighted by atomic mass is 10.0. The van der Waals surface area contributed by atoms with Gasteiger partial charge in [0.1, 0.15) is 24.2 Å². The first-order chi connectivity index (χ1) is 12.3. The van der Waals surface area contributed by atoms with Gasteiger partial charge >= 0.3 is 0 Å². The van der Waals surface area contributed by atoms with Crippen LogP contribution >= 0.6 is 11.6 Å². The lowest BCUT2D eigenvalue weighted by molar-refractivity contribution is 0.168. The first-order valence-corrected chi connectivity index (χ1v) is 9.11. The third kappa shape index (κ3) is 5.11. The van der Waals surface area contributed by atoms with Gasteiger partial charge in [0, 0.05) is 19.2 Å². The van der Waals surface area contributed by atoms with Gasteiger partial charge < -0.3 is 19.9 Å². The summed E-state index contributed by atoms with van der Waals surface area (Å²) >= 11 is 6.37. The molecule has 0 radical (unpaired) electrons. The molecule has 0 amide bonds. The fraction of sp³-hybridized carbons (Fsp3) is 0.400. The van der Waals surface area contributed by atoms with E-state index < -0.39 is 0 Å². The summed E-state index contributed by atoms with van der Waals surface area (Å²) in [6.07, 6.45) is 2.80. The average Bonchev–Trinajstić information content (AvgIpc) is 2.64. The summed E-state index contributed by atoms with van der Waals surface area (Å²) in [5.41, 5.74) is 2.23. The van der Waals surface area contributed by atoms with Crippen molar-refractivity contribution in [1.29, 1.82) is 0 Å². The van der Waals surface area contributed by atoms with E-state index in [2.05, 4.69) is 5.32 Å². The zero-order valence-corrected chi connectivity index (χ0v) is 15.0. The maximum atomic E-state index is 8.83. The van der Waals surface area contributed by atoms with Crippen molar-refractivity contribution in [1.82, 2.24) is 5.32 Å². The van der Waals surface area contributed by atoms with E-state index in [1.165, 1.54) is 0 Å². The molecule has 4 nitrogen and oxygen atoms in total. The molecule has 1 unspecified atom stereocenters. The molecule has 3 rings (SSSR count). The standard InChI is InChI=1S/C20H24ClNO3/c21-18-11-16-7-8-17(13-22-9-4-10-23)25-19(16)12-20(18)24-14-15-5-2-1-3-6-15/h1-3,5-6,11-12,17,22-23H,4,7-10,13-14H2. The van der Waals surface area contributed by atoms with Gasteiger partial charge in [-0.1, -0.05) is 41.9 Å². The summed E-state index contributed by atoms with van der Waals surface area (Å²) in [5, 5.41) is 12.8. The number of fused-ring (bicyclic) bond motifs is 1. The van der Waals surface area contributed by atoms with Crippen LogP contribution in [0.5, 0.6) is 11.5 Å². The van der Waals surface area contributed by atoms with Crippen molar-refractivity contribution >= 4 is 11.6 Å². The lowest BCUT2D eigenvalue weighted by Gasteiger charge is -2.27. The van der Waals surface area contributed by atoms with Crippen LogP contribution in [0, 0.1) is 0 Å². The number of aliphatic hydroxyl groups excluding tert-OH is 1. The maximum Gasteiger partial charge on any atom is 0.142 e. The van der Waals surface area contributed by atoms with Crippen molar-refractivity contribution in [3.8, 4) is 11.5 Å². The molecule has 2 aromatic rings. The highest BCUT2D eigenvalue weighted by atomic mass is 35.5. The van der Waals surface area contributed by atoms with Gasteiger partial charge in [-0.3, -0.25) is 0 Å². The first kappa shape index (κ1) is 18.1. The van der Waals surface area contributed by atoms with E-state index in [1.54, 1.807) is 0 Å². The van der Waals surface area contributed by atoms with Crippen LogP contribution in [-0.2, 0) is 13.0 Å². The molecule has 0 saturated carbocycles. The Morgan fingerprint density at radius 1 is 1.24 bits per heavy atom. The molecule has 0 bridgehead atoms. The van der Waals surface area contributed by atoms with Crippen LogP contribution in [0.15, 0.2) is 42.5 Å². The third-order valence-electron chi connectivity index (χ3n) is 4.27. The van der Waals surface area contributed by atoms with Crippen molar-refractivity contribution in [2.75, 3.05) is 19.7 Å². The van der Waals surface area contributed by atoms with Crippen LogP contribution in [0.1, 0.15) is 24.0 Å². The second-order valence-corrected chi connectivity index (χ2v) is 6.63. The Morgan fingerprint density at radius 3 is 2.88 bits per heavy atom. The van der Waals surface area contributed by atoms with E-state index in [0.717, 1.165) is 49.2 Å². The molecule has 5 heteroatoms. The van der Waals surface area contributed by atoms with Gasteiger partial charge in [-0.05, 0) is 43.0 Å². The zero-order valence-electron chi connectivity index (χ0n) is 14.2. The second-order valence-electron chi connectivity index (χ2n) is 6.22. The Balaban J connectivity index is 1.61. The second kappa shape index (κ2) is 9.09. The number of benzene rings is 2. The Kier molecular flexibility index (Phi) is 6.56. The molecule has 0 spiro atoms. The van der Waals surface area contributed by atoms with Gasteiger partial charge in [-0.2, -0.15) is 0 Å². The van der Waals surface area contributed by atoms with Crippen LogP contribution in [0.4, 0.5) is 0 Å². The van der Waals surface area contributed by atoms with E-state index in [-0.39, 0.29) is 12.7 Å². The molecule has 1 aliphatic heterocycles. The fourth-order valence-corrected chi connectivity index (χ4v) is 3.13. The Hall–Kier alpha value is -1.75. The molecule has 0 aliphatic carbocycles. The number of rotatable bonds is 8. The summed E-state index contributed by atoms with van der Waals surface area (Å²) in [4.78, 5) is 0. The van der Waals surface area contributed by atoms with Gasteiger partial charge in [0.05, 0.1) is 5.02 Å². The van der Waals surface area contributed by atoms with E-state index >= 15 is 0 Å². The van der Waals surface area contributed by atoms with Crippen LogP contribution in [-0.4, -0.2) is 30.9 Å². The minimum absolute atomic E-state index is 0.134. The number of aryl methyl sites for hydroxylation is 1. The topological polar surface area (TPSA) is 50.7 Å². The minimum Gasteiger partial charge on any atom is -0.489 e. The number of hydrogen-bond donors (Lipinski definition) is 2. The highest BCUT2D eigenvalue weighted by molar-refractivity contribution is 6.32. The Morgan fingerprint density at radius 2 is 2.08 bits per heavy atom. The minimum atomic E-state index is 0.134. The summed E-state index contributed by atoms with van der Waals surface area (Å²) in [6, 6.07) is 13.9. The molecular weight excluding hydrogens is 338 g/mol. The summed E-state index contributed by atoms with van der Waals surface area (Å²) < 4.78 is 12.0. The van der Waals surface area contributed by atoms with Gasteiger partial charge in [0.25, 0.3) is 0 Å². The molecule has 0 saturated heterocycles. The van der Waals surface area contributed by atoms with Crippen molar-refractivity contribution in [2.45, 2.75) is 32.0 Å². The Labute approximate surface area is 153 Å². The predicted octanol–water partition coefficient (Wildman–Crippen LogP) is 3.58. The first-order valence-electron chi connectivity index (χ1n) is 8.73. The summed E-state index contributed by atoms with van der Waals surface area (Å²) in [6.45, 7) is 2.27. The van der Waals surface area contributed by atoms with Crippen LogP contribution in [0.3, 0.4) is 0 Å². The SMILES string of the molecule is OCCCNCC1CCc2cc(Cl)c(OCc3ccccc3)cc2O1. The normalized spacial score (nSPS) is 16.2. The molecule has 0 aromatic heterocycles. The molecule has 2 aromatic carbocycles. The number of hydrogen-bond acceptors (Lipinski definition) is 4. The molecule has 1 aliphatic rings. The summed E-state index contributed by atoms with van der Waals surface area (Å²) in [5.74, 6) is 1.51. The molecule has 1 heterocycles. The number of ether oxygens (including phenoxy) is 2. The van der Waals surface area contributed by atoms with E-state index in [0.29, 0.717) is 17.4 Å². The van der Waals surface area contributed by atoms with E-state index in [9.17, 15) is 0 Å². The van der Waals surface area contributed by atoms with E-state index in [1.807, 2.05) is 42.5 Å². The van der Waals surface area contributed by atoms with Gasteiger partial charge in [0.2, 0.25) is 0 Å². The molecule has 1 atom stereocenters. The lowest BCUT2D eigenvalue weighted by Crippen LogP contribution is -2.34. The van der Waals surface area contributed by atoms with Crippen molar-refractivity contribution in [3.63, 3.8) is 0 Å². The highest BCUT2D eigenvalue weighted by Crippen LogP contribution is 2.37. The number of aliphatic hydroxyl groups is 1. The van der Waals surface area contributed by atoms with Crippen molar-refractivity contribution in [3.05, 3.63) is 58.6 Å². The molecular formula is C20H24ClNO3. The van der Waals surface area contributed by atoms with Crippen LogP contribution in [0.2, 0.25) is 5.02 Å². The predicted molar refractivity (Wildman–Crippen MR) is 99.5 cm³/mol. The quantitative estimate of drug-likeness (QED) is 0.705. The zero-order chi connectivity index (χ0) is 17.5. The fourth-order valence-electron chi connectivity index (χ4n) is 2.89. The average molecular weight is 362 g/mol. The Bertz CT molecular complexity index is 678. The van der Waals surface area contributed by atoms with Crippen molar-refractivity contribution in [2.24, 2.45) is 0 Å². The molecule has 0 fully saturated rings. The van der Waals surface area contributed by atoms with Gasteiger partial charge in [0.15, 0.2) is 0 Å². The number of nitrogens with one attached hydrogen (secondary N) is 1. The van der Waals surface area contributed by atoms with E-state index in [4.69, 9.17) is 26.2 Å². The van der Waals surface area contributed by atoms with Crippen LogP contribution in [0.25, 0.3) is 0 Å². The smallest absolute Gasteiger partial charge is 0.142 e. The number of halogens is 1. The van der Waals surface area contributed by atoms with Gasteiger partial charge in [-0.25, -0.2) is 0 Å². The largest absolute Gasteiger partial charge is 0.489 e. The van der Waals surface area contributed by atoms with Gasteiger partial charge in [-0.15, -0.1) is 0 Å². The maximum absolute atomic E-state index is 8.83. The van der Waals surface area contributed by atoms with Crippen LogP contribution < -0.4 is 14.8 Å².